The molecule has 0 aliphatic carbocycles. The van der Waals surface area contributed by atoms with Crippen molar-refractivity contribution in [2.75, 3.05) is 17.8 Å². The van der Waals surface area contributed by atoms with Gasteiger partial charge in [0.1, 0.15) is 22.7 Å². The fraction of sp³-hybridized carbons (Fsp3) is 0.354. The molecular formula is C48H54N2O5. The summed E-state index contributed by atoms with van der Waals surface area (Å²) in [7, 11) is 0. The van der Waals surface area contributed by atoms with E-state index in [1.54, 1.807) is 18.2 Å². The highest BCUT2D eigenvalue weighted by molar-refractivity contribution is 6.06. The monoisotopic (exact) mass is 738 g/mol. The first-order chi connectivity index (χ1) is 25.9. The van der Waals surface area contributed by atoms with Crippen molar-refractivity contribution in [2.45, 2.75) is 106 Å². The zero-order chi connectivity index (χ0) is 39.7. The Morgan fingerprint density at radius 3 is 1.60 bits per heavy atom. The molecule has 2 atom stereocenters. The fourth-order valence-corrected chi connectivity index (χ4v) is 8.68. The van der Waals surface area contributed by atoms with Gasteiger partial charge in [0.2, 0.25) is 6.79 Å². The number of rotatable bonds is 4. The average Bonchev–Trinajstić information content (AvgIpc) is 3.82. The molecule has 0 saturated carbocycles. The summed E-state index contributed by atoms with van der Waals surface area (Å²) >= 11 is 0. The van der Waals surface area contributed by atoms with Crippen molar-refractivity contribution in [1.29, 1.82) is 0 Å². The Morgan fingerprint density at radius 2 is 1.07 bits per heavy atom. The molecule has 3 heterocycles. The van der Waals surface area contributed by atoms with Crippen LogP contribution in [0.3, 0.4) is 0 Å². The summed E-state index contributed by atoms with van der Waals surface area (Å²) in [6.07, 6.45) is 0. The van der Waals surface area contributed by atoms with Crippen molar-refractivity contribution < 1.29 is 23.7 Å². The summed E-state index contributed by atoms with van der Waals surface area (Å²) < 4.78 is 23.7. The smallest absolute Gasteiger partial charge is 0.255 e. The normalized spacial score (nSPS) is 18.0. The number of nitrogens with one attached hydrogen (secondary N) is 1. The molecule has 0 radical (unpaired) electrons. The SMILES string of the molecule is Cc1ccc(C2c3c(C)c(N)c(C)c(C)c3OC2(C)C)cc1.Cc1ccc(C2c3c(C)c(NC(=O)c4ccc5c(c4)OCO5)c(C)c(C)c3OC2(C)C)cc1. The van der Waals surface area contributed by atoms with Gasteiger partial charge in [-0.1, -0.05) is 59.7 Å². The van der Waals surface area contributed by atoms with Crippen LogP contribution in [0.2, 0.25) is 0 Å². The van der Waals surface area contributed by atoms with E-state index >= 15 is 0 Å². The number of ether oxygens (including phenoxy) is 4. The molecule has 5 aromatic rings. The number of fused-ring (bicyclic) bond motifs is 3. The predicted molar refractivity (Wildman–Crippen MR) is 222 cm³/mol. The molecule has 1 amide bonds. The van der Waals surface area contributed by atoms with Gasteiger partial charge in [-0.15, -0.1) is 0 Å². The van der Waals surface area contributed by atoms with E-state index in [4.69, 9.17) is 24.7 Å². The van der Waals surface area contributed by atoms with Crippen molar-refractivity contribution in [3.05, 3.63) is 139 Å². The molecule has 3 aliphatic rings. The number of nitrogen functional groups attached to an aromatic ring is 1. The zero-order valence-electron chi connectivity index (χ0n) is 34.3. The number of hydrogen-bond donors (Lipinski definition) is 2. The second kappa shape index (κ2) is 13.7. The molecule has 8 rings (SSSR count). The van der Waals surface area contributed by atoms with Gasteiger partial charge in [-0.2, -0.15) is 0 Å². The number of amides is 1. The minimum absolute atomic E-state index is 0.0635. The molecular weight excluding hydrogens is 685 g/mol. The molecule has 7 heteroatoms. The second-order valence-corrected chi connectivity index (χ2v) is 16.6. The maximum Gasteiger partial charge on any atom is 0.255 e. The van der Waals surface area contributed by atoms with Gasteiger partial charge >= 0.3 is 0 Å². The molecule has 0 bridgehead atoms. The number of anilines is 2. The molecule has 55 heavy (non-hydrogen) atoms. The van der Waals surface area contributed by atoms with Gasteiger partial charge in [0.15, 0.2) is 11.5 Å². The molecule has 2 unspecified atom stereocenters. The fourth-order valence-electron chi connectivity index (χ4n) is 8.68. The van der Waals surface area contributed by atoms with Crippen LogP contribution in [0.4, 0.5) is 11.4 Å². The van der Waals surface area contributed by atoms with Gasteiger partial charge in [0.25, 0.3) is 5.91 Å². The number of nitrogens with two attached hydrogens (primary N) is 1. The van der Waals surface area contributed by atoms with Crippen LogP contribution >= 0.6 is 0 Å². The van der Waals surface area contributed by atoms with Crippen LogP contribution in [0.1, 0.15) is 117 Å². The van der Waals surface area contributed by atoms with Crippen LogP contribution in [-0.2, 0) is 0 Å². The van der Waals surface area contributed by atoms with Crippen LogP contribution in [0.15, 0.2) is 66.7 Å². The van der Waals surface area contributed by atoms with E-state index in [9.17, 15) is 4.79 Å². The van der Waals surface area contributed by atoms with E-state index in [0.29, 0.717) is 17.1 Å². The minimum Gasteiger partial charge on any atom is -0.486 e. The highest BCUT2D eigenvalue weighted by Crippen LogP contribution is 2.55. The molecule has 0 fully saturated rings. The van der Waals surface area contributed by atoms with E-state index in [2.05, 4.69) is 130 Å². The lowest BCUT2D eigenvalue weighted by molar-refractivity contribution is 0.102. The summed E-state index contributed by atoms with van der Waals surface area (Å²) in [6, 6.07) is 22.7. The summed E-state index contributed by atoms with van der Waals surface area (Å²) in [5.74, 6) is 3.31. The molecule has 0 aromatic heterocycles. The molecule has 0 saturated heterocycles. The topological polar surface area (TPSA) is 92.0 Å². The third-order valence-corrected chi connectivity index (χ3v) is 12.1. The third-order valence-electron chi connectivity index (χ3n) is 12.1. The molecule has 3 N–H and O–H groups in total. The molecule has 0 spiro atoms. The van der Waals surface area contributed by atoms with Crippen molar-refractivity contribution in [2.24, 2.45) is 0 Å². The Hall–Kier alpha value is -5.43. The lowest BCUT2D eigenvalue weighted by Gasteiger charge is -2.27. The molecule has 7 nitrogen and oxygen atoms in total. The minimum atomic E-state index is -0.403. The molecule has 286 valence electrons. The van der Waals surface area contributed by atoms with Gasteiger partial charge in [-0.05, 0) is 146 Å². The van der Waals surface area contributed by atoms with Crippen molar-refractivity contribution in [3.63, 3.8) is 0 Å². The van der Waals surface area contributed by atoms with Gasteiger partial charge in [0.05, 0.1) is 11.8 Å². The quantitative estimate of drug-likeness (QED) is 0.178. The summed E-state index contributed by atoms with van der Waals surface area (Å²) in [5.41, 5.74) is 21.9. The van der Waals surface area contributed by atoms with Crippen molar-refractivity contribution >= 4 is 17.3 Å². The Morgan fingerprint density at radius 1 is 0.600 bits per heavy atom. The standard InChI is InChI=1S/C28H29NO4.C20H25NO/c1-15-7-9-19(10-8-15)24-23-18(4)25(16(2)17(3)26(23)33-28(24,5)6)29-27(30)20-11-12-21-22(13-20)32-14-31-21;1-11-7-9-15(10-8-11)17-16-14(4)18(21)12(2)13(3)19(16)22-20(17,5)6/h7-13,24H,14H2,1-6H3,(H,29,30);7-10,17H,21H2,1-6H3. The number of carbonyl (C=O) groups excluding carboxylic acids is 1. The largest absolute Gasteiger partial charge is 0.486 e. The van der Waals surface area contributed by atoms with Gasteiger partial charge < -0.3 is 30.0 Å². The van der Waals surface area contributed by atoms with E-state index < -0.39 is 5.60 Å². The van der Waals surface area contributed by atoms with Crippen LogP contribution in [0.25, 0.3) is 0 Å². The summed E-state index contributed by atoms with van der Waals surface area (Å²) in [5, 5.41) is 3.17. The Labute approximate surface area is 326 Å². The van der Waals surface area contributed by atoms with E-state index in [1.165, 1.54) is 33.4 Å². The second-order valence-electron chi connectivity index (χ2n) is 16.6. The highest BCUT2D eigenvalue weighted by Gasteiger charge is 2.46. The molecule has 3 aliphatic heterocycles. The third kappa shape index (κ3) is 6.47. The summed E-state index contributed by atoms with van der Waals surface area (Å²) in [6.45, 7) is 25.5. The highest BCUT2D eigenvalue weighted by atomic mass is 16.7. The maximum absolute atomic E-state index is 13.2. The van der Waals surface area contributed by atoms with Gasteiger partial charge in [0, 0.05) is 28.1 Å². The number of carbonyl (C=O) groups is 1. The first kappa shape index (κ1) is 37.9. The molecule has 5 aromatic carbocycles. The van der Waals surface area contributed by atoms with Gasteiger partial charge in [-0.3, -0.25) is 4.79 Å². The van der Waals surface area contributed by atoms with Crippen molar-refractivity contribution in [3.8, 4) is 23.0 Å². The number of aryl methyl sites for hydroxylation is 2. The lowest BCUT2D eigenvalue weighted by Crippen LogP contribution is -2.31. The predicted octanol–water partition coefficient (Wildman–Crippen LogP) is 11.0. The van der Waals surface area contributed by atoms with E-state index in [-0.39, 0.29) is 30.1 Å². The maximum atomic E-state index is 13.2. The van der Waals surface area contributed by atoms with Gasteiger partial charge in [-0.25, -0.2) is 0 Å². The van der Waals surface area contributed by atoms with Crippen LogP contribution in [-0.4, -0.2) is 23.9 Å². The average molecular weight is 739 g/mol. The van der Waals surface area contributed by atoms with E-state index in [0.717, 1.165) is 56.3 Å². The Bertz CT molecular complexity index is 2340. The summed E-state index contributed by atoms with van der Waals surface area (Å²) in [4.78, 5) is 13.2. The number of hydrogen-bond acceptors (Lipinski definition) is 6. The zero-order valence-corrected chi connectivity index (χ0v) is 34.3. The first-order valence-corrected chi connectivity index (χ1v) is 19.2. The van der Waals surface area contributed by atoms with E-state index in [1.807, 2.05) is 6.92 Å². The van der Waals surface area contributed by atoms with Crippen LogP contribution in [0.5, 0.6) is 23.0 Å². The first-order valence-electron chi connectivity index (χ1n) is 19.2. The van der Waals surface area contributed by atoms with Crippen LogP contribution in [0, 0.1) is 55.4 Å². The van der Waals surface area contributed by atoms with Crippen molar-refractivity contribution in [1.82, 2.24) is 0 Å². The number of benzene rings is 5. The Balaban J connectivity index is 0.000000184. The lowest BCUT2D eigenvalue weighted by atomic mass is 9.78. The Kier molecular flexibility index (Phi) is 9.43. The van der Waals surface area contributed by atoms with Crippen LogP contribution < -0.4 is 30.0 Å².